The van der Waals surface area contributed by atoms with Gasteiger partial charge in [0.15, 0.2) is 0 Å². The Kier molecular flexibility index (Phi) is 6.86. The van der Waals surface area contributed by atoms with Crippen LogP contribution in [0.1, 0.15) is 18.4 Å². The number of rotatable bonds is 6. The summed E-state index contributed by atoms with van der Waals surface area (Å²) in [6, 6.07) is 7.23. The fourth-order valence-corrected chi connectivity index (χ4v) is 3.81. The van der Waals surface area contributed by atoms with Crippen LogP contribution in [0.4, 0.5) is 0 Å². The van der Waals surface area contributed by atoms with Crippen LogP contribution in [0.3, 0.4) is 0 Å². The van der Waals surface area contributed by atoms with E-state index in [2.05, 4.69) is 5.32 Å². The van der Waals surface area contributed by atoms with Gasteiger partial charge in [0.05, 0.1) is 19.6 Å². The molecule has 1 aromatic carbocycles. The van der Waals surface area contributed by atoms with E-state index in [0.717, 1.165) is 24.1 Å². The number of nitrogens with zero attached hydrogens (tertiary/aromatic N) is 3. The number of hydrogen-bond acceptors (Lipinski definition) is 5. The van der Waals surface area contributed by atoms with E-state index in [1.807, 2.05) is 29.2 Å². The highest BCUT2D eigenvalue weighted by atomic mass is 16.5. The molecule has 3 amide bonds. The van der Waals surface area contributed by atoms with Gasteiger partial charge in [-0.1, -0.05) is 18.2 Å². The van der Waals surface area contributed by atoms with Crippen LogP contribution in [-0.2, 0) is 20.9 Å². The normalized spacial score (nSPS) is 21.0. The van der Waals surface area contributed by atoms with Crippen molar-refractivity contribution in [2.24, 2.45) is 0 Å². The molecule has 2 saturated heterocycles. The van der Waals surface area contributed by atoms with Gasteiger partial charge in [-0.25, -0.2) is 0 Å². The highest BCUT2D eigenvalue weighted by molar-refractivity contribution is 5.88. The number of hydrogen-bond donors (Lipinski definition) is 1. The molecule has 28 heavy (non-hydrogen) atoms. The predicted octanol–water partition coefficient (Wildman–Crippen LogP) is 0.0764. The second-order valence-corrected chi connectivity index (χ2v) is 7.17. The monoisotopic (exact) mass is 388 g/mol. The number of nitrogens with one attached hydrogen (secondary N) is 1. The Hall–Kier alpha value is -2.61. The van der Waals surface area contributed by atoms with Gasteiger partial charge in [0, 0.05) is 51.4 Å². The van der Waals surface area contributed by atoms with E-state index >= 15 is 0 Å². The average Bonchev–Trinajstić information content (AvgIpc) is 2.96. The van der Waals surface area contributed by atoms with Gasteiger partial charge < -0.3 is 19.9 Å². The predicted molar refractivity (Wildman–Crippen MR) is 104 cm³/mol. The van der Waals surface area contributed by atoms with Gasteiger partial charge in [-0.3, -0.25) is 19.3 Å². The lowest BCUT2D eigenvalue weighted by Crippen LogP contribution is -2.56. The molecule has 0 radical (unpaired) electrons. The van der Waals surface area contributed by atoms with Crippen molar-refractivity contribution in [3.05, 3.63) is 29.8 Å². The Labute approximate surface area is 165 Å². The zero-order valence-corrected chi connectivity index (χ0v) is 16.3. The molecule has 152 valence electrons. The topological polar surface area (TPSA) is 82.2 Å². The molecule has 8 heteroatoms. The van der Waals surface area contributed by atoms with Crippen molar-refractivity contribution in [2.45, 2.75) is 25.4 Å². The summed E-state index contributed by atoms with van der Waals surface area (Å²) < 4.78 is 5.42. The van der Waals surface area contributed by atoms with Crippen LogP contribution >= 0.6 is 0 Å². The number of piperazine rings is 1. The van der Waals surface area contributed by atoms with Crippen LogP contribution in [0.2, 0.25) is 0 Å². The first-order valence-corrected chi connectivity index (χ1v) is 9.73. The molecule has 0 spiro atoms. The zero-order chi connectivity index (χ0) is 19.9. The Morgan fingerprint density at radius 3 is 2.82 bits per heavy atom. The number of carbonyl (C=O) groups is 3. The maximum Gasteiger partial charge on any atom is 0.237 e. The third-order valence-corrected chi connectivity index (χ3v) is 5.41. The lowest BCUT2D eigenvalue weighted by molar-refractivity contribution is -0.139. The lowest BCUT2D eigenvalue weighted by atomic mass is 10.1. The van der Waals surface area contributed by atoms with Crippen LogP contribution in [0, 0.1) is 0 Å². The van der Waals surface area contributed by atoms with Crippen molar-refractivity contribution in [1.82, 2.24) is 20.0 Å². The van der Waals surface area contributed by atoms with E-state index in [9.17, 15) is 14.4 Å². The van der Waals surface area contributed by atoms with E-state index in [4.69, 9.17) is 4.74 Å². The summed E-state index contributed by atoms with van der Waals surface area (Å²) in [5, 5.41) is 2.88. The van der Waals surface area contributed by atoms with Crippen LogP contribution in [0.5, 0.6) is 5.75 Å². The standard InChI is InChI=1S/C20H28N4O4/c1-28-18-6-3-2-5-16(18)14-24-10-7-21-20(27)17(24)13-19(26)23-9-4-8-22(15-25)11-12-23/h2-3,5-6,15,17H,4,7-14H2,1H3,(H,21,27)/t17-/m0/s1. The Morgan fingerprint density at radius 1 is 1.21 bits per heavy atom. The van der Waals surface area contributed by atoms with E-state index in [1.165, 1.54) is 0 Å². The van der Waals surface area contributed by atoms with Crippen LogP contribution < -0.4 is 10.1 Å². The highest BCUT2D eigenvalue weighted by Gasteiger charge is 2.33. The molecule has 0 saturated carbocycles. The number of amides is 3. The molecule has 2 heterocycles. The number of para-hydroxylation sites is 1. The lowest BCUT2D eigenvalue weighted by Gasteiger charge is -2.36. The maximum atomic E-state index is 12.9. The molecule has 1 N–H and O–H groups in total. The van der Waals surface area contributed by atoms with E-state index in [1.54, 1.807) is 16.9 Å². The third-order valence-electron chi connectivity index (χ3n) is 5.41. The average molecular weight is 388 g/mol. The van der Waals surface area contributed by atoms with Crippen molar-refractivity contribution in [2.75, 3.05) is 46.4 Å². The van der Waals surface area contributed by atoms with E-state index in [-0.39, 0.29) is 18.2 Å². The van der Waals surface area contributed by atoms with Gasteiger partial charge in [-0.05, 0) is 12.5 Å². The molecule has 0 unspecified atom stereocenters. The first-order chi connectivity index (χ1) is 13.6. The number of methoxy groups -OCH3 is 1. The molecule has 2 aliphatic heterocycles. The summed E-state index contributed by atoms with van der Waals surface area (Å²) in [7, 11) is 1.63. The SMILES string of the molecule is COc1ccccc1CN1CCNC(=O)[C@@H]1CC(=O)N1CCCN(C=O)CC1. The fraction of sp³-hybridized carbons (Fsp3) is 0.550. The molecular formula is C20H28N4O4. The van der Waals surface area contributed by atoms with Crippen molar-refractivity contribution in [1.29, 1.82) is 0 Å². The number of ether oxygens (including phenoxy) is 1. The Morgan fingerprint density at radius 2 is 2.04 bits per heavy atom. The molecule has 2 fully saturated rings. The molecule has 0 bridgehead atoms. The van der Waals surface area contributed by atoms with Crippen molar-refractivity contribution >= 4 is 18.2 Å². The quantitative estimate of drug-likeness (QED) is 0.698. The summed E-state index contributed by atoms with van der Waals surface area (Å²) in [5.41, 5.74) is 0.994. The minimum absolute atomic E-state index is 0.0418. The zero-order valence-electron chi connectivity index (χ0n) is 16.3. The second-order valence-electron chi connectivity index (χ2n) is 7.17. The first kappa shape index (κ1) is 20.1. The summed E-state index contributed by atoms with van der Waals surface area (Å²) in [4.78, 5) is 41.9. The molecule has 8 nitrogen and oxygen atoms in total. The van der Waals surface area contributed by atoms with Crippen LogP contribution in [0.25, 0.3) is 0 Å². The highest BCUT2D eigenvalue weighted by Crippen LogP contribution is 2.22. The van der Waals surface area contributed by atoms with Gasteiger partial charge in [0.25, 0.3) is 0 Å². The Bertz CT molecular complexity index is 711. The minimum Gasteiger partial charge on any atom is -0.496 e. The van der Waals surface area contributed by atoms with Gasteiger partial charge in [0.1, 0.15) is 5.75 Å². The largest absolute Gasteiger partial charge is 0.496 e. The number of carbonyl (C=O) groups excluding carboxylic acids is 3. The van der Waals surface area contributed by atoms with Crippen LogP contribution in [-0.4, -0.2) is 85.3 Å². The summed E-state index contributed by atoms with van der Waals surface area (Å²) in [6.45, 7) is 4.13. The molecule has 1 aromatic rings. The molecule has 0 aliphatic carbocycles. The van der Waals surface area contributed by atoms with Crippen molar-refractivity contribution in [3.63, 3.8) is 0 Å². The fourth-order valence-electron chi connectivity index (χ4n) is 3.81. The maximum absolute atomic E-state index is 12.9. The van der Waals surface area contributed by atoms with Crippen molar-refractivity contribution < 1.29 is 19.1 Å². The van der Waals surface area contributed by atoms with Crippen molar-refractivity contribution in [3.8, 4) is 5.75 Å². The Balaban J connectivity index is 1.67. The van der Waals surface area contributed by atoms with Gasteiger partial charge in [0.2, 0.25) is 18.2 Å². The van der Waals surface area contributed by atoms with Gasteiger partial charge >= 0.3 is 0 Å². The summed E-state index contributed by atoms with van der Waals surface area (Å²) in [6.07, 6.45) is 1.73. The molecule has 3 rings (SSSR count). The third kappa shape index (κ3) is 4.81. The van der Waals surface area contributed by atoms with Gasteiger partial charge in [-0.2, -0.15) is 0 Å². The van der Waals surface area contributed by atoms with E-state index < -0.39 is 6.04 Å². The minimum atomic E-state index is -0.503. The smallest absolute Gasteiger partial charge is 0.237 e. The first-order valence-electron chi connectivity index (χ1n) is 9.73. The van der Waals surface area contributed by atoms with Gasteiger partial charge in [-0.15, -0.1) is 0 Å². The molecule has 0 aromatic heterocycles. The summed E-state index contributed by atoms with van der Waals surface area (Å²) in [5.74, 6) is 0.624. The molecule has 2 aliphatic rings. The van der Waals surface area contributed by atoms with Crippen LogP contribution in [0.15, 0.2) is 24.3 Å². The molecule has 1 atom stereocenters. The van der Waals surface area contributed by atoms with E-state index in [0.29, 0.717) is 45.8 Å². The summed E-state index contributed by atoms with van der Waals surface area (Å²) >= 11 is 0. The second kappa shape index (κ2) is 9.54. The number of benzene rings is 1. The molecular weight excluding hydrogens is 360 g/mol.